The number of hydrogen-bond acceptors (Lipinski definition) is 1. The van der Waals surface area contributed by atoms with Gasteiger partial charge in [0, 0.05) is 47.9 Å². The summed E-state index contributed by atoms with van der Waals surface area (Å²) in [7, 11) is 0. The SMILES string of the molecule is CC1(c2cccc(-n3c4ccccc4c4cc5c6c7ccccc7ccc6n(-c6ccccc6)c5cc43)c2)CC=Cc2c1sc1ccccc21. The highest BCUT2D eigenvalue weighted by Crippen LogP contribution is 2.49. The van der Waals surface area contributed by atoms with Gasteiger partial charge in [0.25, 0.3) is 0 Å². The van der Waals surface area contributed by atoms with Crippen LogP contribution in [0.1, 0.15) is 29.3 Å². The molecule has 11 rings (SSSR count). The molecule has 0 aliphatic heterocycles. The van der Waals surface area contributed by atoms with Crippen molar-refractivity contribution in [1.82, 2.24) is 9.13 Å². The van der Waals surface area contributed by atoms with Crippen LogP contribution in [-0.2, 0) is 5.41 Å². The fourth-order valence-electron chi connectivity index (χ4n) is 8.77. The lowest BCUT2D eigenvalue weighted by atomic mass is 9.74. The topological polar surface area (TPSA) is 9.86 Å². The Labute approximate surface area is 293 Å². The first-order valence-electron chi connectivity index (χ1n) is 17.4. The van der Waals surface area contributed by atoms with Gasteiger partial charge in [0.2, 0.25) is 0 Å². The lowest BCUT2D eigenvalue weighted by Crippen LogP contribution is -2.24. The van der Waals surface area contributed by atoms with Crippen LogP contribution in [0, 0.1) is 0 Å². The Kier molecular flexibility index (Phi) is 5.77. The van der Waals surface area contributed by atoms with E-state index in [0.29, 0.717) is 0 Å². The smallest absolute Gasteiger partial charge is 0.0562 e. The summed E-state index contributed by atoms with van der Waals surface area (Å²) in [5.74, 6) is 0. The highest BCUT2D eigenvalue weighted by atomic mass is 32.1. The normalized spacial score (nSPS) is 16.0. The van der Waals surface area contributed by atoms with Crippen molar-refractivity contribution in [3.05, 3.63) is 174 Å². The van der Waals surface area contributed by atoms with E-state index in [4.69, 9.17) is 0 Å². The van der Waals surface area contributed by atoms with Crippen molar-refractivity contribution in [3.8, 4) is 11.4 Å². The second-order valence-corrected chi connectivity index (χ2v) is 15.0. The van der Waals surface area contributed by atoms with Crippen LogP contribution in [-0.4, -0.2) is 9.13 Å². The Morgan fingerprint density at radius 3 is 2.14 bits per heavy atom. The van der Waals surface area contributed by atoms with E-state index in [2.05, 4.69) is 180 Å². The molecule has 0 radical (unpaired) electrons. The summed E-state index contributed by atoms with van der Waals surface area (Å²) in [5.41, 5.74) is 9.87. The molecular weight excluding hydrogens is 625 g/mol. The molecule has 1 atom stereocenters. The maximum atomic E-state index is 2.49. The predicted molar refractivity (Wildman–Crippen MR) is 215 cm³/mol. The molecule has 0 fully saturated rings. The van der Waals surface area contributed by atoms with Crippen LogP contribution in [0.2, 0.25) is 0 Å². The number of fused-ring (bicyclic) bond motifs is 11. The van der Waals surface area contributed by atoms with Crippen LogP contribution in [0.25, 0.3) is 81.9 Å². The number of hydrogen-bond donors (Lipinski definition) is 0. The van der Waals surface area contributed by atoms with Crippen LogP contribution >= 0.6 is 11.3 Å². The van der Waals surface area contributed by atoms with Gasteiger partial charge in [-0.1, -0.05) is 116 Å². The molecule has 3 heteroatoms. The quantitative estimate of drug-likeness (QED) is 0.179. The third-order valence-corrected chi connectivity index (χ3v) is 12.6. The Morgan fingerprint density at radius 1 is 0.520 bits per heavy atom. The molecule has 0 N–H and O–H groups in total. The third kappa shape index (κ3) is 3.78. The number of allylic oxidation sites excluding steroid dienone is 1. The molecule has 0 saturated heterocycles. The zero-order chi connectivity index (χ0) is 33.0. The van der Waals surface area contributed by atoms with Gasteiger partial charge in [-0.05, 0) is 88.3 Å². The van der Waals surface area contributed by atoms with E-state index >= 15 is 0 Å². The van der Waals surface area contributed by atoms with Crippen molar-refractivity contribution in [2.45, 2.75) is 18.8 Å². The molecule has 3 aromatic heterocycles. The predicted octanol–water partition coefficient (Wildman–Crippen LogP) is 13.0. The number of aromatic nitrogens is 2. The number of benzene rings is 7. The zero-order valence-corrected chi connectivity index (χ0v) is 28.4. The van der Waals surface area contributed by atoms with E-state index < -0.39 is 0 Å². The summed E-state index contributed by atoms with van der Waals surface area (Å²) in [4.78, 5) is 1.46. The Hall–Kier alpha value is -5.90. The van der Waals surface area contributed by atoms with Crippen molar-refractivity contribution < 1.29 is 0 Å². The molecule has 1 aliphatic carbocycles. The molecule has 0 amide bonds. The minimum Gasteiger partial charge on any atom is -0.309 e. The van der Waals surface area contributed by atoms with E-state index in [1.54, 1.807) is 0 Å². The second kappa shape index (κ2) is 10.3. The van der Waals surface area contributed by atoms with E-state index in [9.17, 15) is 0 Å². The first-order valence-corrected chi connectivity index (χ1v) is 18.2. The number of rotatable bonds is 3. The molecular formula is C47H32N2S. The summed E-state index contributed by atoms with van der Waals surface area (Å²) in [5, 5.41) is 9.05. The van der Waals surface area contributed by atoms with Crippen LogP contribution in [0.15, 0.2) is 158 Å². The van der Waals surface area contributed by atoms with E-state index in [1.165, 1.54) is 91.8 Å². The van der Waals surface area contributed by atoms with Gasteiger partial charge in [-0.3, -0.25) is 0 Å². The van der Waals surface area contributed by atoms with Crippen molar-refractivity contribution >= 4 is 81.9 Å². The van der Waals surface area contributed by atoms with E-state index in [0.717, 1.165) is 6.42 Å². The van der Waals surface area contributed by atoms with E-state index in [1.807, 2.05) is 11.3 Å². The van der Waals surface area contributed by atoms with Gasteiger partial charge in [-0.2, -0.15) is 0 Å². The van der Waals surface area contributed by atoms with Gasteiger partial charge in [0.1, 0.15) is 0 Å². The molecule has 3 heterocycles. The van der Waals surface area contributed by atoms with Gasteiger partial charge >= 0.3 is 0 Å². The van der Waals surface area contributed by atoms with Gasteiger partial charge < -0.3 is 9.13 Å². The average molecular weight is 657 g/mol. The number of para-hydroxylation sites is 2. The number of nitrogens with zero attached hydrogens (tertiary/aromatic N) is 2. The first kappa shape index (κ1) is 28.0. The molecule has 0 spiro atoms. The average Bonchev–Trinajstić information content (AvgIpc) is 3.83. The van der Waals surface area contributed by atoms with Crippen LogP contribution in [0.3, 0.4) is 0 Å². The van der Waals surface area contributed by atoms with Crippen molar-refractivity contribution in [3.63, 3.8) is 0 Å². The number of thiophene rings is 1. The zero-order valence-electron chi connectivity index (χ0n) is 27.6. The summed E-state index contributed by atoms with van der Waals surface area (Å²) in [6, 6.07) is 56.2. The molecule has 236 valence electrons. The standard InChI is InChI=1S/C47H32N2S/c1-47(26-12-21-37-36-20-8-10-23-44(36)50-46(37)47)31-14-11-17-33(27-31)49-40-22-9-7-19-35(40)38-28-39-43(29-42(38)49)48(32-15-3-2-4-16-32)41-25-24-30-13-5-6-18-34(30)45(39)41/h2-25,27-29H,26H2,1H3. The molecule has 2 nitrogen and oxygen atoms in total. The molecule has 1 aliphatic rings. The lowest BCUT2D eigenvalue weighted by molar-refractivity contribution is 0.588. The highest BCUT2D eigenvalue weighted by Gasteiger charge is 2.35. The van der Waals surface area contributed by atoms with Crippen molar-refractivity contribution in [1.29, 1.82) is 0 Å². The maximum absolute atomic E-state index is 2.49. The maximum Gasteiger partial charge on any atom is 0.0562 e. The summed E-state index contributed by atoms with van der Waals surface area (Å²) >= 11 is 1.95. The van der Waals surface area contributed by atoms with Crippen LogP contribution in [0.4, 0.5) is 0 Å². The summed E-state index contributed by atoms with van der Waals surface area (Å²) < 4.78 is 6.30. The molecule has 7 aromatic carbocycles. The monoisotopic (exact) mass is 656 g/mol. The lowest BCUT2D eigenvalue weighted by Gasteiger charge is -2.32. The van der Waals surface area contributed by atoms with Crippen LogP contribution in [0.5, 0.6) is 0 Å². The fraction of sp³-hybridized carbons (Fsp3) is 0.0638. The van der Waals surface area contributed by atoms with Crippen LogP contribution < -0.4 is 0 Å². The molecule has 0 saturated carbocycles. The minimum atomic E-state index is -0.114. The van der Waals surface area contributed by atoms with E-state index in [-0.39, 0.29) is 5.41 Å². The largest absolute Gasteiger partial charge is 0.309 e. The molecule has 10 aromatic rings. The summed E-state index contributed by atoms with van der Waals surface area (Å²) in [6.45, 7) is 2.43. The molecule has 1 unspecified atom stereocenters. The Balaban J connectivity index is 1.21. The van der Waals surface area contributed by atoms with Crippen molar-refractivity contribution in [2.75, 3.05) is 0 Å². The van der Waals surface area contributed by atoms with Crippen molar-refractivity contribution in [2.24, 2.45) is 0 Å². The third-order valence-electron chi connectivity index (χ3n) is 11.1. The summed E-state index contributed by atoms with van der Waals surface area (Å²) in [6.07, 6.45) is 5.69. The Bertz CT molecular complexity index is 3030. The fourth-order valence-corrected chi connectivity index (χ4v) is 10.1. The minimum absolute atomic E-state index is 0.114. The van der Waals surface area contributed by atoms with Gasteiger partial charge in [0.05, 0.1) is 22.1 Å². The highest BCUT2D eigenvalue weighted by molar-refractivity contribution is 7.19. The Morgan fingerprint density at radius 2 is 1.24 bits per heavy atom. The van der Waals surface area contributed by atoms with Gasteiger partial charge in [0.15, 0.2) is 0 Å². The second-order valence-electron chi connectivity index (χ2n) is 13.9. The first-order chi connectivity index (χ1) is 24.7. The molecule has 0 bridgehead atoms. The van der Waals surface area contributed by atoms with Gasteiger partial charge in [-0.15, -0.1) is 11.3 Å². The molecule has 50 heavy (non-hydrogen) atoms. The van der Waals surface area contributed by atoms with Gasteiger partial charge in [-0.25, -0.2) is 0 Å².